The molecule has 0 saturated heterocycles. The van der Waals surface area contributed by atoms with E-state index in [4.69, 9.17) is 4.74 Å². The van der Waals surface area contributed by atoms with E-state index in [2.05, 4.69) is 0 Å². The summed E-state index contributed by atoms with van der Waals surface area (Å²) >= 11 is 0. The first-order valence-electron chi connectivity index (χ1n) is 7.94. The zero-order valence-electron chi connectivity index (χ0n) is 13.6. The molecule has 0 N–H and O–H groups in total. The van der Waals surface area contributed by atoms with Gasteiger partial charge in [0.2, 0.25) is 0 Å². The quantitative estimate of drug-likeness (QED) is 0.548. The minimum atomic E-state index is -0.246. The number of carbonyl (C=O) groups excluding carboxylic acids is 2. The maximum Gasteiger partial charge on any atom is 0.262 e. The number of nitrogens with zero attached hydrogens (tertiary/aromatic N) is 1. The minimum Gasteiger partial charge on any atom is -0.383 e. The molecule has 0 spiro atoms. The highest BCUT2D eigenvalue weighted by Crippen LogP contribution is 2.38. The first-order valence-corrected chi connectivity index (χ1v) is 7.94. The summed E-state index contributed by atoms with van der Waals surface area (Å²) in [6.45, 7) is 2.62. The molecule has 1 aliphatic rings. The average molecular weight is 319 g/mol. The summed E-state index contributed by atoms with van der Waals surface area (Å²) < 4.78 is 5.06. The van der Waals surface area contributed by atoms with Crippen molar-refractivity contribution in [3.8, 4) is 0 Å². The number of imide groups is 1. The largest absolute Gasteiger partial charge is 0.383 e. The molecule has 0 saturated carbocycles. The molecule has 0 aliphatic carbocycles. The third-order valence-corrected chi connectivity index (χ3v) is 4.77. The van der Waals surface area contributed by atoms with Gasteiger partial charge in [0, 0.05) is 18.1 Å². The van der Waals surface area contributed by atoms with Crippen LogP contribution in [0.5, 0.6) is 0 Å². The second kappa shape index (κ2) is 5.42. The van der Waals surface area contributed by atoms with E-state index in [-0.39, 0.29) is 18.4 Å². The molecule has 0 fully saturated rings. The Morgan fingerprint density at radius 2 is 1.62 bits per heavy atom. The van der Waals surface area contributed by atoms with E-state index in [0.29, 0.717) is 17.7 Å². The van der Waals surface area contributed by atoms with Gasteiger partial charge in [-0.05, 0) is 34.7 Å². The van der Waals surface area contributed by atoms with Crippen LogP contribution in [0.3, 0.4) is 0 Å². The highest BCUT2D eigenvalue weighted by atomic mass is 16.5. The Labute approximate surface area is 139 Å². The topological polar surface area (TPSA) is 46.6 Å². The van der Waals surface area contributed by atoms with Crippen molar-refractivity contribution in [3.05, 3.63) is 59.2 Å². The van der Waals surface area contributed by atoms with E-state index >= 15 is 0 Å². The van der Waals surface area contributed by atoms with Crippen molar-refractivity contribution in [1.29, 1.82) is 0 Å². The first kappa shape index (κ1) is 14.8. The lowest BCUT2D eigenvalue weighted by molar-refractivity contribution is 0.0561. The fraction of sp³-hybridized carbons (Fsp3) is 0.200. The lowest BCUT2D eigenvalue weighted by Crippen LogP contribution is -2.42. The third kappa shape index (κ3) is 1.90. The van der Waals surface area contributed by atoms with Gasteiger partial charge in [0.15, 0.2) is 0 Å². The summed E-state index contributed by atoms with van der Waals surface area (Å²) in [6, 6.07) is 13.5. The number of aryl methyl sites for hydroxylation is 1. The second-order valence-corrected chi connectivity index (χ2v) is 6.03. The van der Waals surface area contributed by atoms with Crippen molar-refractivity contribution in [2.75, 3.05) is 20.3 Å². The molecule has 0 unspecified atom stereocenters. The molecule has 3 aromatic rings. The van der Waals surface area contributed by atoms with Crippen LogP contribution in [0.25, 0.3) is 21.5 Å². The molecule has 0 aromatic heterocycles. The van der Waals surface area contributed by atoms with Crippen molar-refractivity contribution < 1.29 is 14.3 Å². The van der Waals surface area contributed by atoms with Crippen LogP contribution in [0.4, 0.5) is 0 Å². The van der Waals surface area contributed by atoms with Gasteiger partial charge in [0.05, 0.1) is 18.7 Å². The van der Waals surface area contributed by atoms with E-state index in [1.165, 1.54) is 4.90 Å². The van der Waals surface area contributed by atoms with Gasteiger partial charge in [-0.3, -0.25) is 14.5 Å². The fourth-order valence-corrected chi connectivity index (χ4v) is 3.60. The monoisotopic (exact) mass is 319 g/mol. The van der Waals surface area contributed by atoms with Crippen LogP contribution in [0.1, 0.15) is 26.3 Å². The highest BCUT2D eigenvalue weighted by molar-refractivity contribution is 6.31. The van der Waals surface area contributed by atoms with Gasteiger partial charge in [-0.1, -0.05) is 36.4 Å². The van der Waals surface area contributed by atoms with Crippen molar-refractivity contribution in [3.63, 3.8) is 0 Å². The number of methoxy groups -OCH3 is 1. The minimum absolute atomic E-state index is 0.239. The maximum atomic E-state index is 13.1. The van der Waals surface area contributed by atoms with E-state index < -0.39 is 0 Å². The Morgan fingerprint density at radius 1 is 0.917 bits per heavy atom. The van der Waals surface area contributed by atoms with Gasteiger partial charge in [0.25, 0.3) is 11.8 Å². The number of fused-ring (bicyclic) bond motifs is 2. The van der Waals surface area contributed by atoms with Crippen LogP contribution in [-0.2, 0) is 4.74 Å². The molecule has 4 heteroatoms. The molecule has 4 rings (SSSR count). The van der Waals surface area contributed by atoms with E-state index in [1.807, 2.05) is 43.3 Å². The van der Waals surface area contributed by atoms with Gasteiger partial charge in [-0.25, -0.2) is 0 Å². The van der Waals surface area contributed by atoms with Crippen LogP contribution in [0, 0.1) is 6.92 Å². The molecule has 120 valence electrons. The number of carbonyl (C=O) groups is 2. The molecule has 24 heavy (non-hydrogen) atoms. The van der Waals surface area contributed by atoms with Gasteiger partial charge in [-0.15, -0.1) is 0 Å². The number of amides is 2. The zero-order chi connectivity index (χ0) is 16.8. The highest BCUT2D eigenvalue weighted by Gasteiger charge is 2.34. The van der Waals surface area contributed by atoms with E-state index in [0.717, 1.165) is 27.1 Å². The smallest absolute Gasteiger partial charge is 0.262 e. The predicted molar refractivity (Wildman–Crippen MR) is 93.4 cm³/mol. The fourth-order valence-electron chi connectivity index (χ4n) is 3.60. The maximum absolute atomic E-state index is 13.1. The molecule has 0 bridgehead atoms. The molecule has 0 radical (unpaired) electrons. The lowest BCUT2D eigenvalue weighted by atomic mass is 9.87. The van der Waals surface area contributed by atoms with Crippen molar-refractivity contribution in [1.82, 2.24) is 4.90 Å². The Bertz CT molecular complexity index is 1010. The van der Waals surface area contributed by atoms with Crippen molar-refractivity contribution in [2.24, 2.45) is 0 Å². The number of hydrogen-bond acceptors (Lipinski definition) is 3. The van der Waals surface area contributed by atoms with Gasteiger partial charge in [-0.2, -0.15) is 0 Å². The van der Waals surface area contributed by atoms with Gasteiger partial charge >= 0.3 is 0 Å². The Morgan fingerprint density at radius 3 is 2.38 bits per heavy atom. The predicted octanol–water partition coefficient (Wildman–Crippen LogP) is 3.54. The summed E-state index contributed by atoms with van der Waals surface area (Å²) in [4.78, 5) is 27.2. The standard InChI is InChI=1S/C20H17NO3/c1-12-13-6-3-4-7-15(13)18-17-14(12)8-5-9-16(17)19(22)21(20(18)23)10-11-24-2/h3-9H,10-11H2,1-2H3. The number of benzene rings is 3. The molecule has 4 nitrogen and oxygen atoms in total. The first-order chi connectivity index (χ1) is 11.6. The van der Waals surface area contributed by atoms with Crippen LogP contribution in [-0.4, -0.2) is 37.0 Å². The van der Waals surface area contributed by atoms with E-state index in [1.54, 1.807) is 13.2 Å². The number of rotatable bonds is 3. The van der Waals surface area contributed by atoms with Gasteiger partial charge < -0.3 is 4.74 Å². The summed E-state index contributed by atoms with van der Waals surface area (Å²) in [7, 11) is 1.56. The number of ether oxygens (including phenoxy) is 1. The van der Waals surface area contributed by atoms with Crippen molar-refractivity contribution >= 4 is 33.4 Å². The second-order valence-electron chi connectivity index (χ2n) is 6.03. The average Bonchev–Trinajstić information content (AvgIpc) is 2.61. The normalized spacial score (nSPS) is 14.0. The van der Waals surface area contributed by atoms with E-state index in [9.17, 15) is 9.59 Å². The summed E-state index contributed by atoms with van der Waals surface area (Å²) in [5, 5.41) is 3.69. The molecule has 1 heterocycles. The zero-order valence-corrected chi connectivity index (χ0v) is 13.6. The SMILES string of the molecule is COCCN1C(=O)c2cccc3c(C)c4ccccc4c(c23)C1=O. The summed E-state index contributed by atoms with van der Waals surface area (Å²) in [5.74, 6) is -0.484. The number of hydrogen-bond donors (Lipinski definition) is 0. The molecule has 0 atom stereocenters. The molecular formula is C20H17NO3. The Kier molecular flexibility index (Phi) is 3.36. The third-order valence-electron chi connectivity index (χ3n) is 4.77. The Balaban J connectivity index is 2.13. The van der Waals surface area contributed by atoms with Gasteiger partial charge in [0.1, 0.15) is 0 Å². The van der Waals surface area contributed by atoms with Crippen molar-refractivity contribution in [2.45, 2.75) is 6.92 Å². The van der Waals surface area contributed by atoms with Crippen LogP contribution in [0.2, 0.25) is 0 Å². The lowest BCUT2D eigenvalue weighted by Gasteiger charge is -2.28. The molecule has 1 aliphatic heterocycles. The van der Waals surface area contributed by atoms with Crippen LogP contribution >= 0.6 is 0 Å². The van der Waals surface area contributed by atoms with Crippen LogP contribution < -0.4 is 0 Å². The molecule has 2 amide bonds. The summed E-state index contributed by atoms with van der Waals surface area (Å²) in [5.41, 5.74) is 2.31. The van der Waals surface area contributed by atoms with Crippen LogP contribution in [0.15, 0.2) is 42.5 Å². The molecular weight excluding hydrogens is 302 g/mol. The summed E-state index contributed by atoms with van der Waals surface area (Å²) in [6.07, 6.45) is 0. The molecule has 3 aromatic carbocycles. The Hall–Kier alpha value is -2.72.